The summed E-state index contributed by atoms with van der Waals surface area (Å²) in [5, 5.41) is 2.37. The van der Waals surface area contributed by atoms with Gasteiger partial charge in [-0.15, -0.1) is 0 Å². The Morgan fingerprint density at radius 3 is 2.32 bits per heavy atom. The van der Waals surface area contributed by atoms with E-state index in [1.54, 1.807) is 30.5 Å². The molecule has 3 aromatic rings. The predicted octanol–water partition coefficient (Wildman–Crippen LogP) is 6.86. The molecule has 0 radical (unpaired) electrons. The maximum atomic E-state index is 15.3. The number of nitrogens with one attached hydrogen (secondary N) is 1. The largest absolute Gasteiger partial charge is 0.417 e. The van der Waals surface area contributed by atoms with Crippen LogP contribution in [0.1, 0.15) is 51.5 Å². The Labute approximate surface area is 221 Å². The number of benzene rings is 3. The molecule has 2 aliphatic heterocycles. The second-order valence-corrected chi connectivity index (χ2v) is 9.85. The summed E-state index contributed by atoms with van der Waals surface area (Å²) in [6.07, 6.45) is -2.61. The summed E-state index contributed by atoms with van der Waals surface area (Å²) in [6, 6.07) is 11.3. The second-order valence-electron chi connectivity index (χ2n) is 9.44. The number of halogens is 5. The van der Waals surface area contributed by atoms with E-state index in [9.17, 15) is 22.8 Å². The first-order chi connectivity index (χ1) is 18.0. The fourth-order valence-corrected chi connectivity index (χ4v) is 5.08. The first kappa shape index (κ1) is 25.9. The van der Waals surface area contributed by atoms with Crippen LogP contribution in [0.4, 0.5) is 17.6 Å². The number of aliphatic imine (C=N–C) groups is 1. The van der Waals surface area contributed by atoms with E-state index in [0.29, 0.717) is 28.7 Å². The highest BCUT2D eigenvalue weighted by atomic mass is 35.5. The zero-order valence-electron chi connectivity index (χ0n) is 20.2. The van der Waals surface area contributed by atoms with Crippen LogP contribution in [0.5, 0.6) is 0 Å². The average Bonchev–Trinajstić information content (AvgIpc) is 3.45. The van der Waals surface area contributed by atoms with Gasteiger partial charge in [0.2, 0.25) is 0 Å². The lowest BCUT2D eigenvalue weighted by Gasteiger charge is -2.13. The number of ketones is 1. The molecule has 5 rings (SSSR count). The molecule has 0 aromatic heterocycles. The SMILES string of the molecule is CC1=CN=C(c2ccc(-c3ccc(CC(=O)Cc4ccc(Cl)c(C(F)(F)F)c4)cc3F)c3c2C(=O)NC3)C1. The van der Waals surface area contributed by atoms with Gasteiger partial charge in [0.25, 0.3) is 5.91 Å². The van der Waals surface area contributed by atoms with Gasteiger partial charge in [-0.3, -0.25) is 14.6 Å². The first-order valence-electron chi connectivity index (χ1n) is 11.8. The number of carbonyl (C=O) groups is 2. The van der Waals surface area contributed by atoms with Gasteiger partial charge >= 0.3 is 6.18 Å². The summed E-state index contributed by atoms with van der Waals surface area (Å²) < 4.78 is 54.6. The number of alkyl halides is 3. The van der Waals surface area contributed by atoms with Crippen LogP contribution in [-0.4, -0.2) is 17.4 Å². The molecule has 4 nitrogen and oxygen atoms in total. The van der Waals surface area contributed by atoms with Crippen LogP contribution in [0.2, 0.25) is 5.02 Å². The Bertz CT molecular complexity index is 1560. The van der Waals surface area contributed by atoms with E-state index in [1.165, 1.54) is 12.1 Å². The number of hydrogen-bond acceptors (Lipinski definition) is 3. The summed E-state index contributed by atoms with van der Waals surface area (Å²) in [5.74, 6) is -1.16. The maximum absolute atomic E-state index is 15.3. The number of fused-ring (bicyclic) bond motifs is 1. The minimum Gasteiger partial charge on any atom is -0.348 e. The molecule has 3 aromatic carbocycles. The van der Waals surface area contributed by atoms with Crippen molar-refractivity contribution in [2.24, 2.45) is 4.99 Å². The lowest BCUT2D eigenvalue weighted by molar-refractivity contribution is -0.137. The Kier molecular flexibility index (Phi) is 6.69. The molecule has 0 aliphatic carbocycles. The molecule has 9 heteroatoms. The van der Waals surface area contributed by atoms with Crippen LogP contribution in [0.25, 0.3) is 11.1 Å². The minimum atomic E-state index is -4.63. The van der Waals surface area contributed by atoms with Gasteiger partial charge in [-0.05, 0) is 52.9 Å². The number of hydrogen-bond donors (Lipinski definition) is 1. The highest BCUT2D eigenvalue weighted by molar-refractivity contribution is 6.31. The van der Waals surface area contributed by atoms with Crippen molar-refractivity contribution in [2.45, 2.75) is 38.9 Å². The summed E-state index contributed by atoms with van der Waals surface area (Å²) in [5.41, 5.74) is 4.21. The molecule has 1 amide bonds. The zero-order valence-corrected chi connectivity index (χ0v) is 20.9. The third-order valence-electron chi connectivity index (χ3n) is 6.63. The van der Waals surface area contributed by atoms with E-state index < -0.39 is 22.6 Å². The molecule has 0 saturated heterocycles. The number of Topliss-reactive ketones (excluding diaryl/α,β-unsaturated/α-hetero) is 1. The number of carbonyl (C=O) groups excluding carboxylic acids is 2. The lowest BCUT2D eigenvalue weighted by atomic mass is 9.90. The summed E-state index contributed by atoms with van der Waals surface area (Å²) in [7, 11) is 0. The number of amides is 1. The Balaban J connectivity index is 1.37. The highest BCUT2D eigenvalue weighted by Crippen LogP contribution is 2.36. The van der Waals surface area contributed by atoms with Crippen molar-refractivity contribution >= 4 is 29.0 Å². The van der Waals surface area contributed by atoms with Crippen molar-refractivity contribution in [2.75, 3.05) is 0 Å². The molecule has 1 N–H and O–H groups in total. The normalized spacial score (nSPS) is 14.7. The third kappa shape index (κ3) is 5.00. The highest BCUT2D eigenvalue weighted by Gasteiger charge is 2.33. The van der Waals surface area contributed by atoms with Crippen LogP contribution >= 0.6 is 11.6 Å². The van der Waals surface area contributed by atoms with Crippen molar-refractivity contribution in [3.63, 3.8) is 0 Å². The molecule has 38 heavy (non-hydrogen) atoms. The minimum absolute atomic E-state index is 0.148. The standard InChI is InChI=1S/C29H21ClF4N2O2/c1-15-8-26(35-13-15)21-6-5-19(22-14-36-28(38)27(21)22)20-4-2-17(12-25(20)31)10-18(37)9-16-3-7-24(30)23(11-16)29(32,33)34/h2-7,11-13H,8-10,14H2,1H3,(H,36,38). The Morgan fingerprint density at radius 2 is 1.66 bits per heavy atom. The van der Waals surface area contributed by atoms with E-state index in [4.69, 9.17) is 11.6 Å². The molecule has 0 saturated carbocycles. The van der Waals surface area contributed by atoms with Gasteiger partial charge in [0.15, 0.2) is 0 Å². The average molecular weight is 541 g/mol. The van der Waals surface area contributed by atoms with Crippen LogP contribution < -0.4 is 5.32 Å². The summed E-state index contributed by atoms with van der Waals surface area (Å²) in [4.78, 5) is 29.6. The molecular formula is C29H21ClF4N2O2. The molecule has 0 fully saturated rings. The van der Waals surface area contributed by atoms with Crippen molar-refractivity contribution in [3.8, 4) is 11.1 Å². The quantitative estimate of drug-likeness (QED) is 0.347. The van der Waals surface area contributed by atoms with E-state index in [2.05, 4.69) is 10.3 Å². The molecule has 2 heterocycles. The third-order valence-corrected chi connectivity index (χ3v) is 6.96. The number of rotatable bonds is 6. The number of nitrogens with zero attached hydrogens (tertiary/aromatic N) is 1. The van der Waals surface area contributed by atoms with E-state index in [0.717, 1.165) is 29.0 Å². The van der Waals surface area contributed by atoms with Crippen molar-refractivity contribution in [3.05, 3.63) is 105 Å². The summed E-state index contributed by atoms with van der Waals surface area (Å²) in [6.45, 7) is 2.22. The monoisotopic (exact) mass is 540 g/mol. The topological polar surface area (TPSA) is 58.5 Å². The van der Waals surface area contributed by atoms with Crippen LogP contribution in [0.3, 0.4) is 0 Å². The van der Waals surface area contributed by atoms with Gasteiger partial charge in [-0.25, -0.2) is 4.39 Å². The van der Waals surface area contributed by atoms with Gasteiger partial charge in [0, 0.05) is 43.1 Å². The van der Waals surface area contributed by atoms with Gasteiger partial charge in [-0.1, -0.05) is 41.9 Å². The molecule has 0 spiro atoms. The fourth-order valence-electron chi connectivity index (χ4n) is 4.85. The lowest BCUT2D eigenvalue weighted by Crippen LogP contribution is -2.15. The second kappa shape index (κ2) is 9.83. The maximum Gasteiger partial charge on any atom is 0.417 e. The molecule has 2 aliphatic rings. The van der Waals surface area contributed by atoms with Crippen molar-refractivity contribution in [1.29, 1.82) is 0 Å². The number of allylic oxidation sites excluding steroid dienone is 1. The Hall–Kier alpha value is -3.78. The van der Waals surface area contributed by atoms with Gasteiger partial charge in [0.1, 0.15) is 11.6 Å². The molecule has 194 valence electrons. The van der Waals surface area contributed by atoms with E-state index in [1.807, 2.05) is 6.92 Å². The van der Waals surface area contributed by atoms with Gasteiger partial charge in [0.05, 0.1) is 21.9 Å². The molecule has 0 unspecified atom stereocenters. The van der Waals surface area contributed by atoms with E-state index in [-0.39, 0.29) is 42.2 Å². The fraction of sp³-hybridized carbons (Fsp3) is 0.207. The molecule has 0 bridgehead atoms. The van der Waals surface area contributed by atoms with E-state index >= 15 is 4.39 Å². The van der Waals surface area contributed by atoms with Gasteiger partial charge < -0.3 is 5.32 Å². The van der Waals surface area contributed by atoms with Crippen LogP contribution in [-0.2, 0) is 30.4 Å². The van der Waals surface area contributed by atoms with Crippen molar-refractivity contribution in [1.82, 2.24) is 5.32 Å². The van der Waals surface area contributed by atoms with Gasteiger partial charge in [-0.2, -0.15) is 13.2 Å². The van der Waals surface area contributed by atoms with Crippen LogP contribution in [0.15, 0.2) is 65.3 Å². The predicted molar refractivity (Wildman–Crippen MR) is 137 cm³/mol. The summed E-state index contributed by atoms with van der Waals surface area (Å²) >= 11 is 5.64. The van der Waals surface area contributed by atoms with Crippen molar-refractivity contribution < 1.29 is 27.2 Å². The smallest absolute Gasteiger partial charge is 0.348 e. The zero-order chi connectivity index (χ0) is 27.2. The van der Waals surface area contributed by atoms with Crippen LogP contribution in [0, 0.1) is 5.82 Å². The molecular weight excluding hydrogens is 520 g/mol. The Morgan fingerprint density at radius 1 is 1.00 bits per heavy atom. The molecule has 0 atom stereocenters. The first-order valence-corrected chi connectivity index (χ1v) is 12.2.